The van der Waals surface area contributed by atoms with Gasteiger partial charge in [0.1, 0.15) is 5.75 Å². The van der Waals surface area contributed by atoms with Crippen molar-refractivity contribution in [2.45, 2.75) is 5.38 Å². The number of rotatable bonds is 3. The summed E-state index contributed by atoms with van der Waals surface area (Å²) in [7, 11) is 2.75. The molecule has 82 valence electrons. The molecule has 0 aliphatic heterocycles. The smallest absolute Gasteiger partial charge is 0.328 e. The summed E-state index contributed by atoms with van der Waals surface area (Å²) in [4.78, 5) is 11.3. The molecule has 15 heavy (non-hydrogen) atoms. The number of alkyl halides is 1. The zero-order valence-electron chi connectivity index (χ0n) is 8.29. The van der Waals surface area contributed by atoms with Gasteiger partial charge >= 0.3 is 5.97 Å². The first kappa shape index (κ1) is 12.1. The van der Waals surface area contributed by atoms with Crippen molar-refractivity contribution in [3.8, 4) is 5.75 Å². The second kappa shape index (κ2) is 5.24. The van der Waals surface area contributed by atoms with Crippen LogP contribution in [0.5, 0.6) is 5.75 Å². The van der Waals surface area contributed by atoms with Crippen LogP contribution in [-0.2, 0) is 9.53 Å². The minimum Gasteiger partial charge on any atom is -0.496 e. The maximum atomic E-state index is 11.3. The fraction of sp³-hybridized carbons (Fsp3) is 0.300. The molecule has 0 bridgehead atoms. The molecule has 0 saturated heterocycles. The highest BCUT2D eigenvalue weighted by atomic mass is 35.5. The molecule has 0 heterocycles. The van der Waals surface area contributed by atoms with Gasteiger partial charge in [0, 0.05) is 10.6 Å². The number of carbonyl (C=O) groups excluding carboxylic acids is 1. The SMILES string of the molecule is COC(=O)C(Cl)c1c(Cl)cccc1OC. The Labute approximate surface area is 97.9 Å². The van der Waals surface area contributed by atoms with Crippen molar-refractivity contribution in [2.24, 2.45) is 0 Å². The summed E-state index contributed by atoms with van der Waals surface area (Å²) in [5.74, 6) is -0.101. The average Bonchev–Trinajstić information content (AvgIpc) is 2.26. The number of hydrogen-bond acceptors (Lipinski definition) is 3. The van der Waals surface area contributed by atoms with E-state index in [0.29, 0.717) is 16.3 Å². The molecule has 1 aromatic carbocycles. The van der Waals surface area contributed by atoms with E-state index in [4.69, 9.17) is 27.9 Å². The van der Waals surface area contributed by atoms with E-state index in [2.05, 4.69) is 4.74 Å². The van der Waals surface area contributed by atoms with E-state index in [-0.39, 0.29) is 0 Å². The predicted molar refractivity (Wildman–Crippen MR) is 58.6 cm³/mol. The fourth-order valence-corrected chi connectivity index (χ4v) is 1.81. The zero-order valence-corrected chi connectivity index (χ0v) is 9.80. The Bertz CT molecular complexity index is 366. The maximum Gasteiger partial charge on any atom is 0.328 e. The molecule has 0 fully saturated rings. The molecule has 0 radical (unpaired) electrons. The molecule has 0 aromatic heterocycles. The molecule has 0 N–H and O–H groups in total. The van der Waals surface area contributed by atoms with Crippen molar-refractivity contribution in [1.29, 1.82) is 0 Å². The first-order valence-electron chi connectivity index (χ1n) is 4.16. The number of halogens is 2. The molecule has 1 atom stereocenters. The highest BCUT2D eigenvalue weighted by molar-refractivity contribution is 6.35. The van der Waals surface area contributed by atoms with E-state index < -0.39 is 11.3 Å². The van der Waals surface area contributed by atoms with Crippen molar-refractivity contribution in [1.82, 2.24) is 0 Å². The van der Waals surface area contributed by atoms with Crippen LogP contribution in [0.4, 0.5) is 0 Å². The number of ether oxygens (including phenoxy) is 2. The standard InChI is InChI=1S/C10H10Cl2O3/c1-14-7-5-3-4-6(11)8(7)9(12)10(13)15-2/h3-5,9H,1-2H3. The molecular formula is C10H10Cl2O3. The first-order chi connectivity index (χ1) is 7.11. The quantitative estimate of drug-likeness (QED) is 0.610. The van der Waals surface area contributed by atoms with Gasteiger partial charge in [0.25, 0.3) is 0 Å². The third kappa shape index (κ3) is 2.55. The molecule has 5 heteroatoms. The van der Waals surface area contributed by atoms with Gasteiger partial charge in [-0.3, -0.25) is 4.79 Å². The summed E-state index contributed by atoms with van der Waals surface area (Å²) in [6.07, 6.45) is 0. The summed E-state index contributed by atoms with van der Waals surface area (Å²) in [5.41, 5.74) is 0.426. The van der Waals surface area contributed by atoms with Crippen LogP contribution in [0.3, 0.4) is 0 Å². The van der Waals surface area contributed by atoms with Crippen LogP contribution in [0.1, 0.15) is 10.9 Å². The number of esters is 1. The largest absolute Gasteiger partial charge is 0.496 e. The van der Waals surface area contributed by atoms with Crippen LogP contribution in [0, 0.1) is 0 Å². The Morgan fingerprint density at radius 3 is 2.60 bits per heavy atom. The van der Waals surface area contributed by atoms with Gasteiger partial charge in [-0.15, -0.1) is 11.6 Å². The van der Waals surface area contributed by atoms with Crippen molar-refractivity contribution in [3.63, 3.8) is 0 Å². The molecule has 0 spiro atoms. The monoisotopic (exact) mass is 248 g/mol. The van der Waals surface area contributed by atoms with E-state index >= 15 is 0 Å². The fourth-order valence-electron chi connectivity index (χ4n) is 1.16. The summed E-state index contributed by atoms with van der Waals surface area (Å²) in [6, 6.07) is 5.03. The molecule has 1 aromatic rings. The van der Waals surface area contributed by atoms with Gasteiger partial charge in [-0.1, -0.05) is 17.7 Å². The lowest BCUT2D eigenvalue weighted by Gasteiger charge is -2.13. The second-order valence-corrected chi connectivity index (χ2v) is 3.59. The Hall–Kier alpha value is -0.930. The molecule has 0 saturated carbocycles. The van der Waals surface area contributed by atoms with Gasteiger partial charge in [0.15, 0.2) is 5.38 Å². The van der Waals surface area contributed by atoms with E-state index in [1.54, 1.807) is 18.2 Å². The Morgan fingerprint density at radius 1 is 1.40 bits per heavy atom. The molecule has 1 rings (SSSR count). The van der Waals surface area contributed by atoms with Gasteiger partial charge in [0.2, 0.25) is 0 Å². The topological polar surface area (TPSA) is 35.5 Å². The average molecular weight is 249 g/mol. The summed E-state index contributed by atoms with van der Waals surface area (Å²) >= 11 is 11.8. The molecule has 0 amide bonds. The van der Waals surface area contributed by atoms with E-state index in [1.807, 2.05) is 0 Å². The predicted octanol–water partition coefficient (Wildman–Crippen LogP) is 2.80. The normalized spacial score (nSPS) is 12.0. The van der Waals surface area contributed by atoms with Crippen molar-refractivity contribution < 1.29 is 14.3 Å². The Morgan fingerprint density at radius 2 is 2.07 bits per heavy atom. The lowest BCUT2D eigenvalue weighted by molar-refractivity contribution is -0.140. The highest BCUT2D eigenvalue weighted by Crippen LogP contribution is 2.36. The summed E-state index contributed by atoms with van der Waals surface area (Å²) < 4.78 is 9.60. The van der Waals surface area contributed by atoms with Crippen LogP contribution in [0.2, 0.25) is 5.02 Å². The van der Waals surface area contributed by atoms with Crippen LogP contribution in [0.25, 0.3) is 0 Å². The minimum absolute atomic E-state index is 0.375. The number of benzene rings is 1. The summed E-state index contributed by atoms with van der Waals surface area (Å²) in [5, 5.41) is -0.585. The molecule has 3 nitrogen and oxygen atoms in total. The molecule has 0 aliphatic carbocycles. The van der Waals surface area contributed by atoms with Gasteiger partial charge in [-0.25, -0.2) is 0 Å². The van der Waals surface area contributed by atoms with Crippen LogP contribution in [0.15, 0.2) is 18.2 Å². The highest BCUT2D eigenvalue weighted by Gasteiger charge is 2.24. The van der Waals surface area contributed by atoms with E-state index in [9.17, 15) is 4.79 Å². The number of carbonyl (C=O) groups is 1. The lowest BCUT2D eigenvalue weighted by Crippen LogP contribution is -2.10. The third-order valence-corrected chi connectivity index (χ3v) is 2.62. The van der Waals surface area contributed by atoms with Crippen molar-refractivity contribution >= 4 is 29.2 Å². The third-order valence-electron chi connectivity index (χ3n) is 1.89. The Balaban J connectivity index is 3.16. The number of methoxy groups -OCH3 is 2. The second-order valence-electron chi connectivity index (χ2n) is 2.74. The van der Waals surface area contributed by atoms with Crippen molar-refractivity contribution in [2.75, 3.05) is 14.2 Å². The van der Waals surface area contributed by atoms with Crippen molar-refractivity contribution in [3.05, 3.63) is 28.8 Å². The zero-order chi connectivity index (χ0) is 11.4. The van der Waals surface area contributed by atoms with Crippen LogP contribution < -0.4 is 4.74 Å². The first-order valence-corrected chi connectivity index (χ1v) is 4.97. The van der Waals surface area contributed by atoms with Crippen LogP contribution >= 0.6 is 23.2 Å². The van der Waals surface area contributed by atoms with Gasteiger partial charge in [-0.2, -0.15) is 0 Å². The maximum absolute atomic E-state index is 11.3. The Kier molecular flexibility index (Phi) is 4.24. The van der Waals surface area contributed by atoms with E-state index in [0.717, 1.165) is 0 Å². The molecular weight excluding hydrogens is 239 g/mol. The van der Waals surface area contributed by atoms with Gasteiger partial charge in [0.05, 0.1) is 14.2 Å². The lowest BCUT2D eigenvalue weighted by atomic mass is 10.1. The van der Waals surface area contributed by atoms with Gasteiger partial charge < -0.3 is 9.47 Å². The summed E-state index contributed by atoms with van der Waals surface area (Å²) in [6.45, 7) is 0. The minimum atomic E-state index is -0.960. The number of hydrogen-bond donors (Lipinski definition) is 0. The van der Waals surface area contributed by atoms with E-state index in [1.165, 1.54) is 14.2 Å². The van der Waals surface area contributed by atoms with Crippen LogP contribution in [-0.4, -0.2) is 20.2 Å². The molecule has 1 unspecified atom stereocenters. The molecule has 0 aliphatic rings. The van der Waals surface area contributed by atoms with Gasteiger partial charge in [-0.05, 0) is 12.1 Å².